The first-order valence-electron chi connectivity index (χ1n) is 11.4. The van der Waals surface area contributed by atoms with Gasteiger partial charge in [0.2, 0.25) is 0 Å². The Morgan fingerprint density at radius 1 is 0.889 bits per heavy atom. The van der Waals surface area contributed by atoms with Crippen molar-refractivity contribution in [1.82, 2.24) is 15.0 Å². The maximum Gasteiger partial charge on any atom is 0.291 e. The van der Waals surface area contributed by atoms with Crippen molar-refractivity contribution in [2.24, 2.45) is 0 Å². The predicted molar refractivity (Wildman–Crippen MR) is 145 cm³/mol. The molecule has 5 aromatic rings. The van der Waals surface area contributed by atoms with Crippen LogP contribution >= 0.6 is 34.8 Å². The average molecular weight is 540 g/mol. The van der Waals surface area contributed by atoms with Crippen molar-refractivity contribution in [2.75, 3.05) is 5.32 Å². The van der Waals surface area contributed by atoms with Gasteiger partial charge in [-0.3, -0.25) is 4.79 Å². The highest BCUT2D eigenvalue weighted by Gasteiger charge is 2.16. The van der Waals surface area contributed by atoms with Gasteiger partial charge in [0.05, 0.1) is 26.4 Å². The second kappa shape index (κ2) is 10.3. The van der Waals surface area contributed by atoms with E-state index in [0.717, 1.165) is 24.9 Å². The fourth-order valence-electron chi connectivity index (χ4n) is 3.77. The van der Waals surface area contributed by atoms with Gasteiger partial charge in [-0.2, -0.15) is 4.80 Å². The van der Waals surface area contributed by atoms with Gasteiger partial charge in [-0.15, -0.1) is 10.2 Å². The van der Waals surface area contributed by atoms with Gasteiger partial charge in [0.1, 0.15) is 16.8 Å². The SMILES string of the molecule is CCCCc1ccc(-n2nc3cc(Cl)c(NC(=O)c4ccc(-c5ccc(Cl)c(Cl)c5)o4)cc3n2)cc1. The van der Waals surface area contributed by atoms with Gasteiger partial charge in [-0.1, -0.05) is 60.3 Å². The molecule has 0 atom stereocenters. The molecular formula is C27H21Cl3N4O2. The van der Waals surface area contributed by atoms with E-state index < -0.39 is 5.91 Å². The van der Waals surface area contributed by atoms with E-state index in [1.165, 1.54) is 5.56 Å². The molecule has 0 aliphatic carbocycles. The lowest BCUT2D eigenvalue weighted by Crippen LogP contribution is -2.11. The zero-order valence-corrected chi connectivity index (χ0v) is 21.5. The average Bonchev–Trinajstić information content (AvgIpc) is 3.52. The van der Waals surface area contributed by atoms with Gasteiger partial charge in [0.15, 0.2) is 5.76 Å². The molecule has 9 heteroatoms. The summed E-state index contributed by atoms with van der Waals surface area (Å²) >= 11 is 18.5. The molecule has 6 nitrogen and oxygen atoms in total. The van der Waals surface area contributed by atoms with E-state index in [1.807, 2.05) is 12.1 Å². The van der Waals surface area contributed by atoms with E-state index in [0.29, 0.717) is 43.1 Å². The largest absolute Gasteiger partial charge is 0.451 e. The maximum atomic E-state index is 12.8. The molecular weight excluding hydrogens is 519 g/mol. The Bertz CT molecular complexity index is 1560. The Labute approximate surface area is 222 Å². The van der Waals surface area contributed by atoms with Crippen molar-refractivity contribution in [3.05, 3.63) is 93.1 Å². The molecule has 36 heavy (non-hydrogen) atoms. The van der Waals surface area contributed by atoms with E-state index in [-0.39, 0.29) is 5.76 Å². The number of rotatable bonds is 7. The molecule has 0 radical (unpaired) electrons. The maximum absolute atomic E-state index is 12.8. The summed E-state index contributed by atoms with van der Waals surface area (Å²) in [5, 5.41) is 13.1. The first kappa shape index (κ1) is 24.4. The first-order chi connectivity index (χ1) is 17.4. The fraction of sp³-hybridized carbons (Fsp3) is 0.148. The van der Waals surface area contributed by atoms with E-state index in [9.17, 15) is 4.79 Å². The second-order valence-electron chi connectivity index (χ2n) is 8.33. The number of hydrogen-bond donors (Lipinski definition) is 1. The monoisotopic (exact) mass is 538 g/mol. The van der Waals surface area contributed by atoms with Crippen molar-refractivity contribution >= 4 is 57.4 Å². The number of furan rings is 1. The summed E-state index contributed by atoms with van der Waals surface area (Å²) in [4.78, 5) is 14.4. The number of fused-ring (bicyclic) bond motifs is 1. The third-order valence-electron chi connectivity index (χ3n) is 5.74. The van der Waals surface area contributed by atoms with Crippen LogP contribution in [0.4, 0.5) is 5.69 Å². The Morgan fingerprint density at radius 2 is 1.64 bits per heavy atom. The van der Waals surface area contributed by atoms with Crippen LogP contribution in [-0.2, 0) is 6.42 Å². The first-order valence-corrected chi connectivity index (χ1v) is 12.6. The molecule has 2 heterocycles. The highest BCUT2D eigenvalue weighted by molar-refractivity contribution is 6.42. The molecule has 182 valence electrons. The fourth-order valence-corrected chi connectivity index (χ4v) is 4.28. The molecule has 1 N–H and O–H groups in total. The van der Waals surface area contributed by atoms with E-state index >= 15 is 0 Å². The van der Waals surface area contributed by atoms with Crippen LogP contribution in [0.15, 0.2) is 71.1 Å². The highest BCUT2D eigenvalue weighted by Crippen LogP contribution is 2.31. The Morgan fingerprint density at radius 3 is 2.36 bits per heavy atom. The number of nitrogens with one attached hydrogen (secondary N) is 1. The Kier molecular flexibility index (Phi) is 7.01. The number of unbranched alkanes of at least 4 members (excludes halogenated alkanes) is 1. The molecule has 0 saturated carbocycles. The number of aryl methyl sites for hydroxylation is 1. The van der Waals surface area contributed by atoms with Gasteiger partial charge in [-0.05, 0) is 73.0 Å². The van der Waals surface area contributed by atoms with Crippen molar-refractivity contribution < 1.29 is 9.21 Å². The number of carbonyl (C=O) groups is 1. The zero-order valence-electron chi connectivity index (χ0n) is 19.3. The molecule has 0 saturated heterocycles. The molecule has 1 amide bonds. The summed E-state index contributed by atoms with van der Waals surface area (Å²) in [6.45, 7) is 2.18. The molecule has 0 aliphatic rings. The number of aromatic nitrogens is 3. The van der Waals surface area contributed by atoms with Crippen molar-refractivity contribution in [1.29, 1.82) is 0 Å². The smallest absolute Gasteiger partial charge is 0.291 e. The summed E-state index contributed by atoms with van der Waals surface area (Å²) < 4.78 is 5.73. The van der Waals surface area contributed by atoms with Crippen LogP contribution in [0.3, 0.4) is 0 Å². The van der Waals surface area contributed by atoms with Crippen LogP contribution in [0.2, 0.25) is 15.1 Å². The molecule has 0 bridgehead atoms. The number of hydrogen-bond acceptors (Lipinski definition) is 4. The standard InChI is InChI=1S/C27H21Cl3N4O2/c1-2-3-4-16-5-8-18(9-6-16)34-32-23-14-21(30)22(15-24(23)33-34)31-27(35)26-12-11-25(36-26)17-7-10-19(28)20(29)13-17/h5-15H,2-4H2,1H3,(H,31,35). The van der Waals surface area contributed by atoms with Crippen LogP contribution in [-0.4, -0.2) is 20.9 Å². The van der Waals surface area contributed by atoms with Crippen molar-refractivity contribution in [3.63, 3.8) is 0 Å². The van der Waals surface area contributed by atoms with Crippen LogP contribution in [0.5, 0.6) is 0 Å². The summed E-state index contributed by atoms with van der Waals surface area (Å²) in [5.74, 6) is 0.167. The second-order valence-corrected chi connectivity index (χ2v) is 9.55. The lowest BCUT2D eigenvalue weighted by Gasteiger charge is -2.05. The molecule has 2 aromatic heterocycles. The summed E-state index contributed by atoms with van der Waals surface area (Å²) in [6, 6.07) is 19.9. The number of anilines is 1. The minimum atomic E-state index is -0.447. The number of halogens is 3. The quantitative estimate of drug-likeness (QED) is 0.226. The molecule has 0 aliphatic heterocycles. The lowest BCUT2D eigenvalue weighted by atomic mass is 10.1. The van der Waals surface area contributed by atoms with Crippen LogP contribution < -0.4 is 5.32 Å². The van der Waals surface area contributed by atoms with Gasteiger partial charge < -0.3 is 9.73 Å². The van der Waals surface area contributed by atoms with Crippen molar-refractivity contribution in [2.45, 2.75) is 26.2 Å². The minimum Gasteiger partial charge on any atom is -0.451 e. The van der Waals surface area contributed by atoms with Gasteiger partial charge in [-0.25, -0.2) is 0 Å². The topological polar surface area (TPSA) is 73.0 Å². The van der Waals surface area contributed by atoms with E-state index in [2.05, 4.69) is 34.6 Å². The zero-order chi connectivity index (χ0) is 25.2. The van der Waals surface area contributed by atoms with Gasteiger partial charge >= 0.3 is 0 Å². The van der Waals surface area contributed by atoms with E-state index in [4.69, 9.17) is 39.2 Å². The molecule has 5 rings (SSSR count). The number of carbonyl (C=O) groups excluding carboxylic acids is 1. The predicted octanol–water partition coefficient (Wildman–Crippen LogP) is 8.24. The molecule has 3 aromatic carbocycles. The minimum absolute atomic E-state index is 0.124. The lowest BCUT2D eigenvalue weighted by molar-refractivity contribution is 0.0997. The van der Waals surface area contributed by atoms with Crippen LogP contribution in [0.25, 0.3) is 28.0 Å². The molecule has 0 fully saturated rings. The number of benzene rings is 3. The van der Waals surface area contributed by atoms with Crippen molar-refractivity contribution in [3.8, 4) is 17.0 Å². The van der Waals surface area contributed by atoms with Crippen LogP contribution in [0, 0.1) is 0 Å². The van der Waals surface area contributed by atoms with Crippen LogP contribution in [0.1, 0.15) is 35.9 Å². The third kappa shape index (κ3) is 5.12. The Hall–Kier alpha value is -3.32. The number of amides is 1. The number of nitrogens with zero attached hydrogens (tertiary/aromatic N) is 3. The third-order valence-corrected chi connectivity index (χ3v) is 6.79. The Balaban J connectivity index is 1.35. The summed E-state index contributed by atoms with van der Waals surface area (Å²) in [5.41, 5.74) is 4.46. The van der Waals surface area contributed by atoms with E-state index in [1.54, 1.807) is 47.3 Å². The molecule has 0 spiro atoms. The van der Waals surface area contributed by atoms with Gasteiger partial charge in [0.25, 0.3) is 5.91 Å². The molecule has 0 unspecified atom stereocenters. The van der Waals surface area contributed by atoms with Gasteiger partial charge in [0, 0.05) is 5.56 Å². The normalized spacial score (nSPS) is 11.2. The summed E-state index contributed by atoms with van der Waals surface area (Å²) in [7, 11) is 0. The highest BCUT2D eigenvalue weighted by atomic mass is 35.5. The summed E-state index contributed by atoms with van der Waals surface area (Å²) in [6.07, 6.45) is 3.37.